The van der Waals surface area contributed by atoms with Crippen LogP contribution in [-0.4, -0.2) is 19.0 Å². The highest BCUT2D eigenvalue weighted by Crippen LogP contribution is 2.19. The molecule has 21 heavy (non-hydrogen) atoms. The van der Waals surface area contributed by atoms with E-state index < -0.39 is 0 Å². The number of nitrogens with one attached hydrogen (secondary N) is 2. The van der Waals surface area contributed by atoms with E-state index in [0.717, 1.165) is 19.4 Å². The largest absolute Gasteiger partial charge is 0.324 e. The third-order valence-electron chi connectivity index (χ3n) is 3.10. The Morgan fingerprint density at radius 2 is 1.71 bits per heavy atom. The fourth-order valence-corrected chi connectivity index (χ4v) is 2.20. The Balaban J connectivity index is 1.63. The first-order chi connectivity index (χ1) is 10.3. The summed E-state index contributed by atoms with van der Waals surface area (Å²) in [5, 5.41) is 6.48. The van der Waals surface area contributed by atoms with Crippen molar-refractivity contribution in [3.63, 3.8) is 0 Å². The van der Waals surface area contributed by atoms with Crippen LogP contribution >= 0.6 is 11.6 Å². The van der Waals surface area contributed by atoms with Gasteiger partial charge < -0.3 is 10.6 Å². The van der Waals surface area contributed by atoms with Gasteiger partial charge in [-0.15, -0.1) is 0 Å². The van der Waals surface area contributed by atoms with Crippen molar-refractivity contribution < 1.29 is 4.79 Å². The molecule has 2 N–H and O–H groups in total. The van der Waals surface area contributed by atoms with Gasteiger partial charge in [0.05, 0.1) is 17.3 Å². The Morgan fingerprint density at radius 3 is 2.48 bits per heavy atom. The number of anilines is 1. The quantitative estimate of drug-likeness (QED) is 0.769. The Morgan fingerprint density at radius 1 is 1.00 bits per heavy atom. The molecule has 0 aliphatic carbocycles. The van der Waals surface area contributed by atoms with Crippen LogP contribution in [-0.2, 0) is 11.2 Å². The molecule has 0 aromatic heterocycles. The third kappa shape index (κ3) is 5.58. The van der Waals surface area contributed by atoms with Crippen molar-refractivity contribution in [2.24, 2.45) is 0 Å². The fourth-order valence-electron chi connectivity index (χ4n) is 2.02. The molecule has 1 amide bonds. The molecule has 0 heterocycles. The summed E-state index contributed by atoms with van der Waals surface area (Å²) in [5.74, 6) is -0.0807. The predicted octanol–water partition coefficient (Wildman–Crippen LogP) is 3.50. The van der Waals surface area contributed by atoms with E-state index in [1.807, 2.05) is 30.3 Å². The molecule has 2 rings (SSSR count). The van der Waals surface area contributed by atoms with Crippen LogP contribution in [0.3, 0.4) is 0 Å². The second-order valence-electron chi connectivity index (χ2n) is 4.79. The van der Waals surface area contributed by atoms with Crippen LogP contribution < -0.4 is 10.6 Å². The number of rotatable bonds is 7. The zero-order chi connectivity index (χ0) is 14.9. The Hall–Kier alpha value is -1.84. The van der Waals surface area contributed by atoms with E-state index in [1.54, 1.807) is 12.1 Å². The van der Waals surface area contributed by atoms with Gasteiger partial charge in [-0.2, -0.15) is 0 Å². The second kappa shape index (κ2) is 8.45. The van der Waals surface area contributed by atoms with Gasteiger partial charge in [0.2, 0.25) is 5.91 Å². The molecule has 0 saturated carbocycles. The van der Waals surface area contributed by atoms with E-state index in [9.17, 15) is 4.79 Å². The zero-order valence-electron chi connectivity index (χ0n) is 11.8. The molecule has 0 aliphatic heterocycles. The highest BCUT2D eigenvalue weighted by Gasteiger charge is 2.04. The standard InChI is InChI=1S/C17H19ClN2O/c18-15-10-4-5-11-16(15)20-17(21)13-19-12-6-9-14-7-2-1-3-8-14/h1-5,7-8,10-11,19H,6,9,12-13H2,(H,20,21). The van der Waals surface area contributed by atoms with Crippen molar-refractivity contribution in [3.8, 4) is 0 Å². The molecular weight excluding hydrogens is 284 g/mol. The topological polar surface area (TPSA) is 41.1 Å². The first kappa shape index (κ1) is 15.5. The van der Waals surface area contributed by atoms with E-state index in [-0.39, 0.29) is 5.91 Å². The van der Waals surface area contributed by atoms with E-state index in [1.165, 1.54) is 5.56 Å². The average Bonchev–Trinajstić information content (AvgIpc) is 2.50. The minimum absolute atomic E-state index is 0.0807. The summed E-state index contributed by atoms with van der Waals surface area (Å²) in [4.78, 5) is 11.8. The Bertz CT molecular complexity index is 572. The minimum atomic E-state index is -0.0807. The fraction of sp³-hybridized carbons (Fsp3) is 0.235. The number of hydrogen-bond acceptors (Lipinski definition) is 2. The first-order valence-electron chi connectivity index (χ1n) is 7.05. The third-order valence-corrected chi connectivity index (χ3v) is 3.42. The molecule has 3 nitrogen and oxygen atoms in total. The number of carbonyl (C=O) groups excluding carboxylic acids is 1. The highest BCUT2D eigenvalue weighted by molar-refractivity contribution is 6.33. The molecule has 0 radical (unpaired) electrons. The highest BCUT2D eigenvalue weighted by atomic mass is 35.5. The van der Waals surface area contributed by atoms with Gasteiger partial charge in [-0.3, -0.25) is 4.79 Å². The summed E-state index contributed by atoms with van der Waals surface area (Å²) < 4.78 is 0. The van der Waals surface area contributed by atoms with Crippen LogP contribution in [0.4, 0.5) is 5.69 Å². The molecule has 110 valence electrons. The molecule has 0 atom stereocenters. The van der Waals surface area contributed by atoms with Gasteiger partial charge in [0.25, 0.3) is 0 Å². The SMILES string of the molecule is O=C(CNCCCc1ccccc1)Nc1ccccc1Cl. The maximum atomic E-state index is 11.8. The van der Waals surface area contributed by atoms with Crippen molar-refractivity contribution in [2.75, 3.05) is 18.4 Å². The van der Waals surface area contributed by atoms with Crippen LogP contribution in [0.2, 0.25) is 5.02 Å². The van der Waals surface area contributed by atoms with Gasteiger partial charge in [0.1, 0.15) is 0 Å². The lowest BCUT2D eigenvalue weighted by Gasteiger charge is -2.08. The molecule has 0 spiro atoms. The average molecular weight is 303 g/mol. The van der Waals surface area contributed by atoms with Crippen molar-refractivity contribution in [1.29, 1.82) is 0 Å². The summed E-state index contributed by atoms with van der Waals surface area (Å²) in [6.07, 6.45) is 2.02. The minimum Gasteiger partial charge on any atom is -0.324 e. The maximum absolute atomic E-state index is 11.8. The summed E-state index contributed by atoms with van der Waals surface area (Å²) in [7, 11) is 0. The monoisotopic (exact) mass is 302 g/mol. The van der Waals surface area contributed by atoms with E-state index in [4.69, 9.17) is 11.6 Å². The maximum Gasteiger partial charge on any atom is 0.238 e. The molecule has 0 saturated heterocycles. The molecule has 0 fully saturated rings. The number of para-hydroxylation sites is 1. The van der Waals surface area contributed by atoms with Crippen LogP contribution in [0, 0.1) is 0 Å². The molecule has 0 unspecified atom stereocenters. The van der Waals surface area contributed by atoms with Gasteiger partial charge in [-0.05, 0) is 37.1 Å². The zero-order valence-corrected chi connectivity index (χ0v) is 12.6. The van der Waals surface area contributed by atoms with E-state index in [2.05, 4.69) is 22.8 Å². The number of benzene rings is 2. The lowest BCUT2D eigenvalue weighted by molar-refractivity contribution is -0.115. The normalized spacial score (nSPS) is 10.3. The van der Waals surface area contributed by atoms with Crippen LogP contribution in [0.1, 0.15) is 12.0 Å². The van der Waals surface area contributed by atoms with Crippen molar-refractivity contribution in [1.82, 2.24) is 5.32 Å². The molecule has 2 aromatic rings. The van der Waals surface area contributed by atoms with Crippen LogP contribution in [0.5, 0.6) is 0 Å². The molecule has 2 aromatic carbocycles. The number of hydrogen-bond donors (Lipinski definition) is 2. The summed E-state index contributed by atoms with van der Waals surface area (Å²) in [6, 6.07) is 17.5. The molecule has 0 bridgehead atoms. The summed E-state index contributed by atoms with van der Waals surface area (Å²) in [6.45, 7) is 1.10. The van der Waals surface area contributed by atoms with E-state index in [0.29, 0.717) is 17.3 Å². The van der Waals surface area contributed by atoms with Gasteiger partial charge in [0, 0.05) is 0 Å². The van der Waals surface area contributed by atoms with Crippen LogP contribution in [0.15, 0.2) is 54.6 Å². The lowest BCUT2D eigenvalue weighted by atomic mass is 10.1. The first-order valence-corrected chi connectivity index (χ1v) is 7.42. The Labute approximate surface area is 130 Å². The smallest absolute Gasteiger partial charge is 0.238 e. The summed E-state index contributed by atoms with van der Waals surface area (Å²) >= 11 is 5.98. The second-order valence-corrected chi connectivity index (χ2v) is 5.20. The predicted molar refractivity (Wildman–Crippen MR) is 87.7 cm³/mol. The lowest BCUT2D eigenvalue weighted by Crippen LogP contribution is -2.29. The molecule has 4 heteroatoms. The Kier molecular flexibility index (Phi) is 6.25. The van der Waals surface area contributed by atoms with Gasteiger partial charge >= 0.3 is 0 Å². The van der Waals surface area contributed by atoms with Gasteiger partial charge in [-0.25, -0.2) is 0 Å². The van der Waals surface area contributed by atoms with Crippen molar-refractivity contribution >= 4 is 23.2 Å². The summed E-state index contributed by atoms with van der Waals surface area (Å²) in [5.41, 5.74) is 1.97. The number of halogens is 1. The van der Waals surface area contributed by atoms with E-state index >= 15 is 0 Å². The van der Waals surface area contributed by atoms with Gasteiger partial charge in [-0.1, -0.05) is 54.1 Å². The number of carbonyl (C=O) groups is 1. The van der Waals surface area contributed by atoms with Crippen LogP contribution in [0.25, 0.3) is 0 Å². The molecule has 0 aliphatic rings. The van der Waals surface area contributed by atoms with Crippen molar-refractivity contribution in [2.45, 2.75) is 12.8 Å². The molecular formula is C17H19ClN2O. The van der Waals surface area contributed by atoms with Gasteiger partial charge in [0.15, 0.2) is 0 Å². The van der Waals surface area contributed by atoms with Crippen molar-refractivity contribution in [3.05, 3.63) is 65.2 Å². The number of amides is 1. The number of aryl methyl sites for hydroxylation is 1.